The summed E-state index contributed by atoms with van der Waals surface area (Å²) in [5, 5.41) is 9.23. The van der Waals surface area contributed by atoms with Crippen molar-refractivity contribution < 1.29 is 19.4 Å². The predicted molar refractivity (Wildman–Crippen MR) is 81.1 cm³/mol. The van der Waals surface area contributed by atoms with E-state index < -0.39 is 5.97 Å². The third-order valence-electron chi connectivity index (χ3n) is 3.24. The topological polar surface area (TPSA) is 71.9 Å². The van der Waals surface area contributed by atoms with Crippen molar-refractivity contribution in [3.05, 3.63) is 23.4 Å². The lowest BCUT2D eigenvalue weighted by Gasteiger charge is -2.30. The van der Waals surface area contributed by atoms with E-state index in [9.17, 15) is 9.90 Å². The number of hydrogen-bond acceptors (Lipinski definition) is 5. The van der Waals surface area contributed by atoms with Gasteiger partial charge >= 0.3 is 5.97 Å². The summed E-state index contributed by atoms with van der Waals surface area (Å²) in [4.78, 5) is 17.8. The Morgan fingerprint density at radius 3 is 2.62 bits per heavy atom. The van der Waals surface area contributed by atoms with E-state index in [2.05, 4.69) is 4.98 Å². The molecule has 0 radical (unpaired) electrons. The van der Waals surface area contributed by atoms with Crippen LogP contribution in [0.4, 0.5) is 5.82 Å². The summed E-state index contributed by atoms with van der Waals surface area (Å²) >= 11 is 0. The number of nitrogens with zero attached hydrogens (tertiary/aromatic N) is 2. The maximum absolute atomic E-state index is 11.3. The number of aromatic carboxylic acids is 1. The Bertz CT molecular complexity index is 465. The van der Waals surface area contributed by atoms with E-state index >= 15 is 0 Å². The Kier molecular flexibility index (Phi) is 7.11. The molecule has 0 aliphatic rings. The lowest BCUT2D eigenvalue weighted by Crippen LogP contribution is -2.39. The molecule has 0 saturated heterocycles. The van der Waals surface area contributed by atoms with Gasteiger partial charge in [-0.2, -0.15) is 0 Å². The maximum Gasteiger partial charge on any atom is 0.335 e. The van der Waals surface area contributed by atoms with Crippen molar-refractivity contribution in [2.45, 2.75) is 26.3 Å². The van der Waals surface area contributed by atoms with E-state index in [1.165, 1.54) is 0 Å². The van der Waals surface area contributed by atoms with Crippen molar-refractivity contribution >= 4 is 11.8 Å². The van der Waals surface area contributed by atoms with E-state index in [0.717, 1.165) is 5.69 Å². The molecule has 0 aromatic carbocycles. The molecule has 1 aromatic rings. The number of pyridine rings is 1. The van der Waals surface area contributed by atoms with Crippen molar-refractivity contribution in [3.8, 4) is 0 Å². The van der Waals surface area contributed by atoms with Crippen molar-refractivity contribution in [2.24, 2.45) is 0 Å². The van der Waals surface area contributed by atoms with Crippen molar-refractivity contribution in [2.75, 3.05) is 38.9 Å². The second-order valence-electron chi connectivity index (χ2n) is 4.85. The van der Waals surface area contributed by atoms with Gasteiger partial charge in [-0.3, -0.25) is 0 Å². The minimum absolute atomic E-state index is 0.0754. The highest BCUT2D eigenvalue weighted by atomic mass is 16.5. The third-order valence-corrected chi connectivity index (χ3v) is 3.24. The lowest BCUT2D eigenvalue weighted by atomic mass is 10.1. The molecule has 1 rings (SSSR count). The highest BCUT2D eigenvalue weighted by molar-refractivity contribution is 5.88. The van der Waals surface area contributed by atoms with Crippen LogP contribution in [-0.4, -0.2) is 56.1 Å². The first-order valence-electron chi connectivity index (χ1n) is 7.02. The van der Waals surface area contributed by atoms with Gasteiger partial charge in [0.15, 0.2) is 0 Å². The van der Waals surface area contributed by atoms with Gasteiger partial charge in [0.05, 0.1) is 24.8 Å². The van der Waals surface area contributed by atoms with Crippen LogP contribution in [0, 0.1) is 0 Å². The number of carboxylic acid groups (broad SMARTS) is 1. The monoisotopic (exact) mass is 296 g/mol. The minimum atomic E-state index is -0.945. The first-order chi connectivity index (χ1) is 10.0. The molecular weight excluding hydrogens is 272 g/mol. The van der Waals surface area contributed by atoms with Gasteiger partial charge in [0.2, 0.25) is 0 Å². The van der Waals surface area contributed by atoms with Gasteiger partial charge in [-0.05, 0) is 25.5 Å². The molecule has 0 aliphatic heterocycles. The lowest BCUT2D eigenvalue weighted by molar-refractivity contribution is 0.0696. The minimum Gasteiger partial charge on any atom is -0.478 e. The normalized spacial score (nSPS) is 12.2. The zero-order chi connectivity index (χ0) is 15.8. The summed E-state index contributed by atoms with van der Waals surface area (Å²) in [6, 6.07) is 3.29. The summed E-state index contributed by atoms with van der Waals surface area (Å²) < 4.78 is 10.3. The molecule has 0 aliphatic carbocycles. The SMILES string of the molecule is CCc1cc(C(=O)O)cc(N(CCOC)C(C)COC)n1. The van der Waals surface area contributed by atoms with E-state index in [1.807, 2.05) is 18.7 Å². The van der Waals surface area contributed by atoms with Crippen LogP contribution in [0.5, 0.6) is 0 Å². The molecule has 0 fully saturated rings. The summed E-state index contributed by atoms with van der Waals surface area (Å²) in [5.41, 5.74) is 1.01. The summed E-state index contributed by atoms with van der Waals surface area (Å²) in [7, 11) is 3.28. The van der Waals surface area contributed by atoms with Gasteiger partial charge in [0, 0.05) is 26.5 Å². The Morgan fingerprint density at radius 2 is 2.10 bits per heavy atom. The first-order valence-corrected chi connectivity index (χ1v) is 7.02. The van der Waals surface area contributed by atoms with E-state index in [-0.39, 0.29) is 11.6 Å². The van der Waals surface area contributed by atoms with Gasteiger partial charge in [-0.25, -0.2) is 9.78 Å². The van der Waals surface area contributed by atoms with Gasteiger partial charge in [-0.1, -0.05) is 6.92 Å². The Morgan fingerprint density at radius 1 is 1.38 bits per heavy atom. The number of aryl methyl sites for hydroxylation is 1. The van der Waals surface area contributed by atoms with Crippen molar-refractivity contribution in [3.63, 3.8) is 0 Å². The highest BCUT2D eigenvalue weighted by Crippen LogP contribution is 2.18. The van der Waals surface area contributed by atoms with Crippen LogP contribution in [0.3, 0.4) is 0 Å². The molecule has 1 N–H and O–H groups in total. The highest BCUT2D eigenvalue weighted by Gasteiger charge is 2.18. The molecule has 1 aromatic heterocycles. The van der Waals surface area contributed by atoms with Crippen LogP contribution in [0.1, 0.15) is 29.9 Å². The number of hydrogen-bond donors (Lipinski definition) is 1. The van der Waals surface area contributed by atoms with Gasteiger partial charge in [-0.15, -0.1) is 0 Å². The Hall–Kier alpha value is -1.66. The molecule has 1 heterocycles. The molecule has 0 amide bonds. The van der Waals surface area contributed by atoms with Crippen LogP contribution in [0.2, 0.25) is 0 Å². The molecular formula is C15H24N2O4. The molecule has 6 heteroatoms. The maximum atomic E-state index is 11.3. The van der Waals surface area contributed by atoms with Crippen molar-refractivity contribution in [1.82, 2.24) is 4.98 Å². The summed E-state index contributed by atoms with van der Waals surface area (Å²) in [6.45, 7) is 5.66. The summed E-state index contributed by atoms with van der Waals surface area (Å²) in [5.74, 6) is -0.298. The average molecular weight is 296 g/mol. The second kappa shape index (κ2) is 8.59. The number of aromatic nitrogens is 1. The van der Waals surface area contributed by atoms with Gasteiger partial charge in [0.25, 0.3) is 0 Å². The fourth-order valence-corrected chi connectivity index (χ4v) is 2.11. The summed E-state index contributed by atoms with van der Waals surface area (Å²) in [6.07, 6.45) is 0.685. The molecule has 1 unspecified atom stereocenters. The first kappa shape index (κ1) is 17.4. The largest absolute Gasteiger partial charge is 0.478 e. The standard InChI is InChI=1S/C15H24N2O4/c1-5-13-8-12(15(18)19)9-14(16-13)17(6-7-20-3)11(2)10-21-4/h8-9,11H,5-7,10H2,1-4H3,(H,18,19). The van der Waals surface area contributed by atoms with Crippen LogP contribution < -0.4 is 4.90 Å². The second-order valence-corrected chi connectivity index (χ2v) is 4.85. The number of anilines is 1. The number of carboxylic acids is 1. The fraction of sp³-hybridized carbons (Fsp3) is 0.600. The predicted octanol–water partition coefficient (Wildman–Crippen LogP) is 1.83. The molecule has 6 nitrogen and oxygen atoms in total. The van der Waals surface area contributed by atoms with Gasteiger partial charge < -0.3 is 19.5 Å². The zero-order valence-electron chi connectivity index (χ0n) is 13.1. The van der Waals surface area contributed by atoms with E-state index in [1.54, 1.807) is 26.4 Å². The van der Waals surface area contributed by atoms with Gasteiger partial charge in [0.1, 0.15) is 5.82 Å². The zero-order valence-corrected chi connectivity index (χ0v) is 13.1. The molecule has 0 saturated carbocycles. The van der Waals surface area contributed by atoms with E-state index in [0.29, 0.717) is 32.0 Å². The quantitative estimate of drug-likeness (QED) is 0.749. The molecule has 1 atom stereocenters. The molecule has 0 spiro atoms. The number of ether oxygens (including phenoxy) is 2. The number of rotatable bonds is 9. The molecule has 0 bridgehead atoms. The number of carbonyl (C=O) groups is 1. The van der Waals surface area contributed by atoms with Crippen LogP contribution in [0.15, 0.2) is 12.1 Å². The Balaban J connectivity index is 3.15. The van der Waals surface area contributed by atoms with E-state index in [4.69, 9.17) is 9.47 Å². The average Bonchev–Trinajstić information content (AvgIpc) is 2.47. The fourth-order valence-electron chi connectivity index (χ4n) is 2.11. The van der Waals surface area contributed by atoms with Crippen molar-refractivity contribution in [1.29, 1.82) is 0 Å². The number of methoxy groups -OCH3 is 2. The van der Waals surface area contributed by atoms with Crippen LogP contribution in [0.25, 0.3) is 0 Å². The molecule has 21 heavy (non-hydrogen) atoms. The van der Waals surface area contributed by atoms with Crippen LogP contribution >= 0.6 is 0 Å². The third kappa shape index (κ3) is 4.99. The Labute approximate surface area is 125 Å². The molecule has 118 valence electrons. The smallest absolute Gasteiger partial charge is 0.335 e. The van der Waals surface area contributed by atoms with Crippen LogP contribution in [-0.2, 0) is 15.9 Å².